The number of aliphatic hydroxyl groups excluding tert-OH is 1. The summed E-state index contributed by atoms with van der Waals surface area (Å²) in [6.45, 7) is 20.0. The van der Waals surface area contributed by atoms with Crippen LogP contribution in [0.4, 0.5) is 34.5 Å². The van der Waals surface area contributed by atoms with Gasteiger partial charge in [0, 0.05) is 70.9 Å². The van der Waals surface area contributed by atoms with Crippen LogP contribution < -0.4 is 28.9 Å². The fourth-order valence-corrected chi connectivity index (χ4v) is 11.6. The minimum atomic E-state index is -0.960. The third kappa shape index (κ3) is 17.8. The lowest BCUT2D eigenvalue weighted by Crippen LogP contribution is -2.35. The number of nitrogens with one attached hydrogen (secondary N) is 3. The summed E-state index contributed by atoms with van der Waals surface area (Å²) in [5.74, 6) is 1.02. The quantitative estimate of drug-likeness (QED) is 0.0371. The number of rotatable bonds is 15. The number of nitrogens with zero attached hydrogens (tertiary/aromatic N) is 7. The number of piperidine rings is 1. The van der Waals surface area contributed by atoms with Crippen molar-refractivity contribution in [2.45, 2.75) is 119 Å². The molecule has 5 N–H and O–H groups in total. The molecule has 19 heteroatoms. The summed E-state index contributed by atoms with van der Waals surface area (Å²) in [4.78, 5) is 58.0. The van der Waals surface area contributed by atoms with E-state index in [0.29, 0.717) is 39.5 Å². The zero-order valence-corrected chi connectivity index (χ0v) is 49.0. The Morgan fingerprint density at radius 3 is 1.75 bits per heavy atom. The van der Waals surface area contributed by atoms with Crippen LogP contribution in [0.1, 0.15) is 129 Å². The first-order valence-electron chi connectivity index (χ1n) is 27.0. The Kier molecular flexibility index (Phi) is 22.6. The molecular weight excluding hydrogens is 1070 g/mol. The molecule has 418 valence electrons. The van der Waals surface area contributed by atoms with Crippen molar-refractivity contribution in [3.63, 3.8) is 0 Å². The molecule has 3 aliphatic rings. The number of aromatic carboxylic acids is 1. The summed E-state index contributed by atoms with van der Waals surface area (Å²) in [5.41, 5.74) is 5.96. The molecule has 0 radical (unpaired) electrons. The number of hydrogen-bond acceptors (Lipinski definition) is 16. The van der Waals surface area contributed by atoms with Gasteiger partial charge in [0.05, 0.1) is 40.0 Å². The SMILES string of the molecule is C=C(O)c1cnc(N2CCCC(C)C2)c(NSc2ccccc2C)c1.CC(C)(C)c1ccc(SNc2cnc(N3CCCCCC3)c(C(=O)N=O)c2)cc1.O=C(O)c1cc(NSc2ccccc2Cl)cnc1N1CCCCCC1. The predicted octanol–water partition coefficient (Wildman–Crippen LogP) is 16.0. The third-order valence-corrected chi connectivity index (χ3v) is 16.9. The van der Waals surface area contributed by atoms with Crippen LogP contribution in [0, 0.1) is 17.7 Å². The summed E-state index contributed by atoms with van der Waals surface area (Å²) in [6, 6.07) is 29.4. The lowest BCUT2D eigenvalue weighted by atomic mass is 9.87. The van der Waals surface area contributed by atoms with Gasteiger partial charge in [0.2, 0.25) is 0 Å². The monoisotopic (exact) mass is 1140 g/mol. The Balaban J connectivity index is 0.000000172. The van der Waals surface area contributed by atoms with E-state index in [1.807, 2.05) is 42.5 Å². The van der Waals surface area contributed by atoms with Crippen LogP contribution in [0.2, 0.25) is 5.02 Å². The van der Waals surface area contributed by atoms with Crippen molar-refractivity contribution in [3.05, 3.63) is 154 Å². The molecule has 3 aliphatic heterocycles. The third-order valence-electron chi connectivity index (χ3n) is 13.7. The number of carboxylic acids is 1. The van der Waals surface area contributed by atoms with Crippen molar-refractivity contribution in [2.75, 3.05) is 68.1 Å². The molecule has 6 heterocycles. The molecule has 3 saturated heterocycles. The van der Waals surface area contributed by atoms with Gasteiger partial charge < -0.3 is 39.1 Å². The molecule has 79 heavy (non-hydrogen) atoms. The van der Waals surface area contributed by atoms with Gasteiger partial charge in [0.15, 0.2) is 5.82 Å². The van der Waals surface area contributed by atoms with Gasteiger partial charge in [-0.15, -0.1) is 4.91 Å². The largest absolute Gasteiger partial charge is 0.508 e. The van der Waals surface area contributed by atoms with Crippen LogP contribution in [0.3, 0.4) is 0 Å². The molecule has 1 unspecified atom stereocenters. The second kappa shape index (κ2) is 29.7. The van der Waals surface area contributed by atoms with Crippen LogP contribution in [0.25, 0.3) is 5.76 Å². The van der Waals surface area contributed by atoms with E-state index in [9.17, 15) is 24.7 Å². The summed E-state index contributed by atoms with van der Waals surface area (Å²) in [6.07, 6.45) is 16.5. The van der Waals surface area contributed by atoms with Gasteiger partial charge in [-0.3, -0.25) is 4.79 Å². The normalized spacial score (nSPS) is 15.7. The first-order valence-corrected chi connectivity index (χ1v) is 29.8. The second-order valence-corrected chi connectivity index (χ2v) is 24.0. The second-order valence-electron chi connectivity index (χ2n) is 21.0. The summed E-state index contributed by atoms with van der Waals surface area (Å²) in [5, 5.41) is 22.6. The average Bonchev–Trinajstić information content (AvgIpc) is 3.96. The highest BCUT2D eigenvalue weighted by atomic mass is 35.5. The van der Waals surface area contributed by atoms with E-state index in [4.69, 9.17) is 11.6 Å². The van der Waals surface area contributed by atoms with Crippen LogP contribution in [0.15, 0.2) is 136 Å². The number of hydrogen-bond donors (Lipinski definition) is 5. The Hall–Kier alpha value is -6.47. The Bertz CT molecular complexity index is 3000. The molecule has 3 aromatic carbocycles. The van der Waals surface area contributed by atoms with Crippen molar-refractivity contribution >= 4 is 99.6 Å². The molecule has 0 bridgehead atoms. The van der Waals surface area contributed by atoms with Crippen LogP contribution >= 0.6 is 47.4 Å². The van der Waals surface area contributed by atoms with Crippen LogP contribution in [-0.2, 0) is 5.41 Å². The molecule has 6 aromatic rings. The molecule has 0 aliphatic carbocycles. The van der Waals surface area contributed by atoms with E-state index in [-0.39, 0.29) is 22.3 Å². The van der Waals surface area contributed by atoms with E-state index in [1.165, 1.54) is 78.4 Å². The number of amides is 1. The first kappa shape index (κ1) is 60.2. The molecule has 1 atom stereocenters. The number of carbonyl (C=O) groups excluding carboxylic acids is 1. The molecule has 3 fully saturated rings. The molecule has 0 saturated carbocycles. The number of carboxylic acid groups (broad SMARTS) is 1. The van der Waals surface area contributed by atoms with E-state index >= 15 is 0 Å². The number of carbonyl (C=O) groups is 2. The number of aromatic nitrogens is 3. The van der Waals surface area contributed by atoms with Gasteiger partial charge in [0.25, 0.3) is 0 Å². The lowest BCUT2D eigenvalue weighted by Gasteiger charge is -2.33. The molecule has 15 nitrogen and oxygen atoms in total. The number of nitroso groups, excluding NO2 is 1. The highest BCUT2D eigenvalue weighted by Crippen LogP contribution is 2.35. The van der Waals surface area contributed by atoms with Crippen LogP contribution in [0.5, 0.6) is 0 Å². The van der Waals surface area contributed by atoms with Gasteiger partial charge in [-0.1, -0.05) is 114 Å². The van der Waals surface area contributed by atoms with Gasteiger partial charge in [-0.25, -0.2) is 19.7 Å². The average molecular weight is 1150 g/mol. The summed E-state index contributed by atoms with van der Waals surface area (Å²) >= 11 is 10.5. The van der Waals surface area contributed by atoms with Crippen molar-refractivity contribution in [1.82, 2.24) is 15.0 Å². The van der Waals surface area contributed by atoms with Crippen LogP contribution in [-0.4, -0.2) is 76.3 Å². The maximum Gasteiger partial charge on any atom is 0.339 e. The Labute approximate surface area is 483 Å². The van der Waals surface area contributed by atoms with Crippen molar-refractivity contribution in [2.24, 2.45) is 11.1 Å². The molecule has 3 aromatic heterocycles. The molecule has 9 rings (SSSR count). The van der Waals surface area contributed by atoms with Gasteiger partial charge in [0.1, 0.15) is 23.0 Å². The highest BCUT2D eigenvalue weighted by molar-refractivity contribution is 8.01. The Morgan fingerprint density at radius 2 is 1.19 bits per heavy atom. The van der Waals surface area contributed by atoms with E-state index < -0.39 is 11.9 Å². The lowest BCUT2D eigenvalue weighted by molar-refractivity contribution is 0.0696. The number of benzene rings is 3. The van der Waals surface area contributed by atoms with Gasteiger partial charge in [-0.05, 0) is 152 Å². The Morgan fingerprint density at radius 1 is 0.658 bits per heavy atom. The summed E-state index contributed by atoms with van der Waals surface area (Å²) in [7, 11) is 0. The molecule has 1 amide bonds. The van der Waals surface area contributed by atoms with E-state index in [0.717, 1.165) is 86.2 Å². The van der Waals surface area contributed by atoms with Gasteiger partial charge in [-0.2, -0.15) is 0 Å². The predicted molar refractivity (Wildman–Crippen MR) is 330 cm³/mol. The van der Waals surface area contributed by atoms with Crippen molar-refractivity contribution in [1.29, 1.82) is 0 Å². The smallest absolute Gasteiger partial charge is 0.339 e. The minimum Gasteiger partial charge on any atom is -0.508 e. The number of pyridine rings is 3. The first-order chi connectivity index (χ1) is 38.1. The number of anilines is 6. The summed E-state index contributed by atoms with van der Waals surface area (Å²) < 4.78 is 9.79. The van der Waals surface area contributed by atoms with Crippen molar-refractivity contribution < 1.29 is 19.8 Å². The maximum absolute atomic E-state index is 12.1. The zero-order chi connectivity index (χ0) is 56.3. The molecule has 0 spiro atoms. The zero-order valence-electron chi connectivity index (χ0n) is 45.8. The number of aliphatic hydroxyl groups is 1. The topological polar surface area (TPSA) is 189 Å². The number of aryl methyl sites for hydroxylation is 1. The van der Waals surface area contributed by atoms with Crippen molar-refractivity contribution in [3.8, 4) is 0 Å². The molecular formula is C60H73ClN10O5S3. The van der Waals surface area contributed by atoms with E-state index in [2.05, 4.69) is 127 Å². The maximum atomic E-state index is 12.1. The highest BCUT2D eigenvalue weighted by Gasteiger charge is 2.24. The van der Waals surface area contributed by atoms with Gasteiger partial charge >= 0.3 is 11.9 Å². The fraction of sp³-hybridized carbons (Fsp3) is 0.383. The van der Waals surface area contributed by atoms with E-state index in [1.54, 1.807) is 42.7 Å². The fourth-order valence-electron chi connectivity index (χ4n) is 9.35. The number of halogens is 1. The standard InChI is InChI=1S/C22H28N4O2S.C20H25N3OS.C18H20ClN3O2S/c1-22(2,3)16-8-10-18(11-9-16)29-25-17-14-19(21(27)24-28)20(23-15-17)26-12-6-4-5-7-13-26;1-14-7-6-10-23(13-14)20-18(11-17(12-21-20)16(3)24)22-25-19-9-5-4-8-15(19)2;19-15-7-3-4-8-16(15)25-21-13-11-14(18(23)24)17(20-12-13)22-9-5-1-2-6-10-22/h8-11,14-15,25H,4-7,12-13H2,1-3H3;4-5,8-9,11-12,14,22,24H,3,6-7,10,13H2,1-2H3;3-4,7-8,11-12,21H,1-2,5-6,9-10H2,(H,23,24). The minimum absolute atomic E-state index is 0.0370.